The van der Waals surface area contributed by atoms with Gasteiger partial charge in [-0.1, -0.05) is 16.8 Å². The number of benzene rings is 1. The third-order valence-corrected chi connectivity index (χ3v) is 3.88. The Hall–Kier alpha value is -1.46. The molecule has 1 N–H and O–H groups in total. The van der Waals surface area contributed by atoms with Crippen molar-refractivity contribution in [1.29, 1.82) is 0 Å². The second-order valence-electron chi connectivity index (χ2n) is 4.28. The number of rotatable bonds is 6. The topological polar surface area (TPSA) is 55.1 Å². The fourth-order valence-electron chi connectivity index (χ4n) is 1.58. The van der Waals surface area contributed by atoms with Crippen LogP contribution in [0.5, 0.6) is 0 Å². The van der Waals surface area contributed by atoms with Crippen LogP contribution in [0, 0.1) is 6.92 Å². The first kappa shape index (κ1) is 14.9. The zero-order valence-electron chi connectivity index (χ0n) is 11.1. The van der Waals surface area contributed by atoms with Crippen molar-refractivity contribution in [3.05, 3.63) is 41.1 Å². The molecule has 0 unspecified atom stereocenters. The minimum atomic E-state index is -0.0463. The molecule has 0 saturated carbocycles. The normalized spacial score (nSPS) is 10.5. The van der Waals surface area contributed by atoms with Crippen molar-refractivity contribution in [3.8, 4) is 0 Å². The van der Waals surface area contributed by atoms with Crippen molar-refractivity contribution in [2.75, 3.05) is 11.1 Å². The number of carbonyl (C=O) groups excluding carboxylic acids is 1. The molecular weight excluding hydrogens is 296 g/mol. The number of thioether (sulfide) groups is 1. The van der Waals surface area contributed by atoms with Gasteiger partial charge in [-0.05, 0) is 43.4 Å². The minimum absolute atomic E-state index is 0.0463. The maximum Gasteiger partial charge on any atom is 0.225 e. The monoisotopic (exact) mass is 310 g/mol. The van der Waals surface area contributed by atoms with E-state index in [0.717, 1.165) is 22.1 Å². The van der Waals surface area contributed by atoms with Gasteiger partial charge in [0.05, 0.1) is 0 Å². The maximum absolute atomic E-state index is 11.7. The summed E-state index contributed by atoms with van der Waals surface area (Å²) in [6.07, 6.45) is 1.27. The van der Waals surface area contributed by atoms with Gasteiger partial charge in [-0.25, -0.2) is 0 Å². The summed E-state index contributed by atoms with van der Waals surface area (Å²) in [6, 6.07) is 9.38. The van der Waals surface area contributed by atoms with E-state index in [0.29, 0.717) is 18.0 Å². The predicted octanol–water partition coefficient (Wildman–Crippen LogP) is 4.15. The van der Waals surface area contributed by atoms with E-state index in [1.807, 2.05) is 24.3 Å². The molecular formula is C14H15ClN2O2S. The number of carbonyl (C=O) groups is 1. The van der Waals surface area contributed by atoms with Crippen molar-refractivity contribution in [1.82, 2.24) is 5.16 Å². The highest BCUT2D eigenvalue weighted by atomic mass is 35.5. The quantitative estimate of drug-likeness (QED) is 0.643. The van der Waals surface area contributed by atoms with Crippen molar-refractivity contribution in [2.24, 2.45) is 0 Å². The smallest absolute Gasteiger partial charge is 0.225 e. The average Bonchev–Trinajstić information content (AvgIpc) is 2.82. The maximum atomic E-state index is 11.7. The lowest BCUT2D eigenvalue weighted by atomic mass is 10.3. The van der Waals surface area contributed by atoms with Gasteiger partial charge in [-0.3, -0.25) is 4.79 Å². The van der Waals surface area contributed by atoms with Crippen LogP contribution in [0.25, 0.3) is 0 Å². The lowest BCUT2D eigenvalue weighted by Crippen LogP contribution is -2.11. The molecule has 0 aliphatic carbocycles. The van der Waals surface area contributed by atoms with Crippen LogP contribution in [0.2, 0.25) is 5.02 Å². The number of nitrogens with one attached hydrogen (secondary N) is 1. The van der Waals surface area contributed by atoms with Gasteiger partial charge in [0.15, 0.2) is 5.82 Å². The summed E-state index contributed by atoms with van der Waals surface area (Å²) in [5.74, 6) is 1.99. The molecule has 0 fully saturated rings. The Morgan fingerprint density at radius 3 is 2.80 bits per heavy atom. The molecule has 106 valence electrons. The first-order valence-electron chi connectivity index (χ1n) is 6.25. The molecule has 6 heteroatoms. The lowest BCUT2D eigenvalue weighted by molar-refractivity contribution is -0.116. The van der Waals surface area contributed by atoms with E-state index in [9.17, 15) is 4.79 Å². The van der Waals surface area contributed by atoms with Crippen molar-refractivity contribution in [2.45, 2.75) is 24.7 Å². The number of hydrogen-bond acceptors (Lipinski definition) is 4. The zero-order chi connectivity index (χ0) is 14.4. The average molecular weight is 311 g/mol. The molecule has 0 bridgehead atoms. The summed E-state index contributed by atoms with van der Waals surface area (Å²) in [7, 11) is 0. The Labute approximate surface area is 126 Å². The lowest BCUT2D eigenvalue weighted by Gasteiger charge is -2.02. The summed E-state index contributed by atoms with van der Waals surface area (Å²) >= 11 is 7.53. The van der Waals surface area contributed by atoms with Crippen LogP contribution in [-0.4, -0.2) is 16.8 Å². The highest BCUT2D eigenvalue weighted by Gasteiger charge is 2.05. The molecule has 4 nitrogen and oxygen atoms in total. The first-order valence-corrected chi connectivity index (χ1v) is 7.61. The van der Waals surface area contributed by atoms with Crippen molar-refractivity contribution >= 4 is 35.1 Å². The number of nitrogens with zero attached hydrogens (tertiary/aromatic N) is 1. The third kappa shape index (κ3) is 4.90. The Balaban J connectivity index is 1.65. The number of anilines is 1. The fraction of sp³-hybridized carbons (Fsp3) is 0.286. The minimum Gasteiger partial charge on any atom is -0.360 e. The Morgan fingerprint density at radius 2 is 2.15 bits per heavy atom. The van der Waals surface area contributed by atoms with Crippen LogP contribution in [0.15, 0.2) is 39.8 Å². The van der Waals surface area contributed by atoms with Gasteiger partial charge in [-0.15, -0.1) is 11.8 Å². The van der Waals surface area contributed by atoms with E-state index in [-0.39, 0.29) is 5.91 Å². The van der Waals surface area contributed by atoms with Crippen LogP contribution >= 0.6 is 23.4 Å². The number of amides is 1. The Bertz CT molecular complexity index is 569. The summed E-state index contributed by atoms with van der Waals surface area (Å²) < 4.78 is 4.88. The Kier molecular flexibility index (Phi) is 5.49. The molecule has 0 atom stereocenters. The van der Waals surface area contributed by atoms with Crippen molar-refractivity contribution in [3.63, 3.8) is 0 Å². The zero-order valence-corrected chi connectivity index (χ0v) is 12.6. The number of hydrogen-bond donors (Lipinski definition) is 1. The molecule has 0 radical (unpaired) electrons. The molecule has 0 aliphatic rings. The van der Waals surface area contributed by atoms with Crippen LogP contribution in [0.3, 0.4) is 0 Å². The van der Waals surface area contributed by atoms with Gasteiger partial charge in [0.1, 0.15) is 5.76 Å². The van der Waals surface area contributed by atoms with Crippen LogP contribution in [0.4, 0.5) is 5.82 Å². The summed E-state index contributed by atoms with van der Waals surface area (Å²) in [5.41, 5.74) is 0. The molecule has 1 heterocycles. The van der Waals surface area contributed by atoms with E-state index in [2.05, 4.69) is 10.5 Å². The first-order chi connectivity index (χ1) is 9.63. The molecule has 1 aromatic carbocycles. The second-order valence-corrected chi connectivity index (χ2v) is 5.88. The largest absolute Gasteiger partial charge is 0.360 e. The van der Waals surface area contributed by atoms with E-state index in [4.69, 9.17) is 16.1 Å². The van der Waals surface area contributed by atoms with E-state index < -0.39 is 0 Å². The Morgan fingerprint density at radius 1 is 1.40 bits per heavy atom. The van der Waals surface area contributed by atoms with E-state index >= 15 is 0 Å². The molecule has 2 rings (SSSR count). The molecule has 20 heavy (non-hydrogen) atoms. The van der Waals surface area contributed by atoms with Crippen LogP contribution in [-0.2, 0) is 4.79 Å². The van der Waals surface area contributed by atoms with Crippen LogP contribution < -0.4 is 5.32 Å². The summed E-state index contributed by atoms with van der Waals surface area (Å²) in [5, 5.41) is 7.15. The van der Waals surface area contributed by atoms with Gasteiger partial charge in [0, 0.05) is 22.4 Å². The van der Waals surface area contributed by atoms with Gasteiger partial charge in [0.2, 0.25) is 5.91 Å². The van der Waals surface area contributed by atoms with Crippen molar-refractivity contribution < 1.29 is 9.32 Å². The molecule has 0 aliphatic heterocycles. The SMILES string of the molecule is Cc1cc(NC(=O)CCCSc2ccc(Cl)cc2)no1. The van der Waals surface area contributed by atoms with E-state index in [1.54, 1.807) is 24.8 Å². The molecule has 2 aromatic rings. The number of aryl methyl sites for hydroxylation is 1. The predicted molar refractivity (Wildman–Crippen MR) is 81.3 cm³/mol. The highest BCUT2D eigenvalue weighted by Crippen LogP contribution is 2.21. The summed E-state index contributed by atoms with van der Waals surface area (Å²) in [4.78, 5) is 12.8. The van der Waals surface area contributed by atoms with Gasteiger partial charge in [0.25, 0.3) is 0 Å². The van der Waals surface area contributed by atoms with Gasteiger partial charge < -0.3 is 9.84 Å². The molecule has 0 saturated heterocycles. The highest BCUT2D eigenvalue weighted by molar-refractivity contribution is 7.99. The van der Waals surface area contributed by atoms with Crippen LogP contribution in [0.1, 0.15) is 18.6 Å². The third-order valence-electron chi connectivity index (χ3n) is 2.53. The molecule has 0 spiro atoms. The van der Waals surface area contributed by atoms with E-state index in [1.165, 1.54) is 0 Å². The second kappa shape index (κ2) is 7.36. The molecule has 1 aromatic heterocycles. The number of halogens is 1. The fourth-order valence-corrected chi connectivity index (χ4v) is 2.56. The molecule has 1 amide bonds. The number of aromatic nitrogens is 1. The van der Waals surface area contributed by atoms with Gasteiger partial charge in [-0.2, -0.15) is 0 Å². The standard InChI is InChI=1S/C14H15ClN2O2S/c1-10-9-13(17-19-10)16-14(18)3-2-8-20-12-6-4-11(15)5-7-12/h4-7,9H,2-3,8H2,1H3,(H,16,17,18). The summed E-state index contributed by atoms with van der Waals surface area (Å²) in [6.45, 7) is 1.78. The van der Waals surface area contributed by atoms with Gasteiger partial charge >= 0.3 is 0 Å².